The molecule has 0 aliphatic heterocycles. The summed E-state index contributed by atoms with van der Waals surface area (Å²) in [5.74, 6) is -0.980. The van der Waals surface area contributed by atoms with Crippen molar-refractivity contribution in [1.82, 2.24) is 3.59 Å². The molecule has 1 aromatic heterocycles. The zero-order valence-electron chi connectivity index (χ0n) is 8.43. The Balaban J connectivity index is 2.42. The van der Waals surface area contributed by atoms with Gasteiger partial charge >= 0.3 is 5.97 Å². The van der Waals surface area contributed by atoms with Gasteiger partial charge in [0.05, 0.1) is 21.7 Å². The molecule has 0 unspecified atom stereocenters. The number of para-hydroxylation sites is 1. The van der Waals surface area contributed by atoms with E-state index in [0.29, 0.717) is 6.42 Å². The molecule has 84 valence electrons. The van der Waals surface area contributed by atoms with E-state index >= 15 is 0 Å². The number of aliphatic carboxylic acids is 1. The van der Waals surface area contributed by atoms with E-state index in [-0.39, 0.29) is 0 Å². The summed E-state index contributed by atoms with van der Waals surface area (Å²) in [5, 5.41) is 9.80. The Labute approximate surface area is 101 Å². The van der Waals surface area contributed by atoms with Crippen LogP contribution in [0.15, 0.2) is 30.5 Å². The van der Waals surface area contributed by atoms with Crippen LogP contribution in [0, 0.1) is 0 Å². The highest BCUT2D eigenvalue weighted by atomic mass is 79.9. The molecule has 2 rings (SSSR count). The van der Waals surface area contributed by atoms with E-state index in [0.717, 1.165) is 16.5 Å². The number of carboxylic acids is 1. The van der Waals surface area contributed by atoms with E-state index in [4.69, 9.17) is 10.8 Å². The van der Waals surface area contributed by atoms with Crippen LogP contribution in [0.2, 0.25) is 0 Å². The number of carboxylic acid groups (broad SMARTS) is 1. The fourth-order valence-electron chi connectivity index (χ4n) is 1.69. The molecular formula is C11H11BrN2O2. The van der Waals surface area contributed by atoms with Crippen LogP contribution in [-0.4, -0.2) is 20.7 Å². The van der Waals surface area contributed by atoms with Gasteiger partial charge in [0.15, 0.2) is 0 Å². The zero-order chi connectivity index (χ0) is 11.7. The smallest absolute Gasteiger partial charge is 0.320 e. The molecule has 1 aromatic carbocycles. The van der Waals surface area contributed by atoms with E-state index in [1.165, 1.54) is 0 Å². The fourth-order valence-corrected chi connectivity index (χ4v) is 2.25. The van der Waals surface area contributed by atoms with Crippen molar-refractivity contribution in [2.24, 2.45) is 5.73 Å². The minimum Gasteiger partial charge on any atom is -0.480 e. The molecule has 0 bridgehead atoms. The summed E-state index contributed by atoms with van der Waals surface area (Å²) in [6.07, 6.45) is 2.18. The van der Waals surface area contributed by atoms with Gasteiger partial charge in [-0.1, -0.05) is 18.2 Å². The summed E-state index contributed by atoms with van der Waals surface area (Å²) in [5.41, 5.74) is 7.47. The molecule has 0 aliphatic carbocycles. The zero-order valence-corrected chi connectivity index (χ0v) is 10.0. The lowest BCUT2D eigenvalue weighted by Crippen LogP contribution is -2.32. The maximum absolute atomic E-state index is 10.7. The van der Waals surface area contributed by atoms with Crippen LogP contribution >= 0.6 is 16.1 Å². The van der Waals surface area contributed by atoms with E-state index in [1.807, 2.05) is 30.5 Å². The molecular weight excluding hydrogens is 272 g/mol. The molecule has 0 amide bonds. The summed E-state index contributed by atoms with van der Waals surface area (Å²) in [6, 6.07) is 6.90. The first-order chi connectivity index (χ1) is 7.59. The van der Waals surface area contributed by atoms with Gasteiger partial charge in [0.2, 0.25) is 0 Å². The van der Waals surface area contributed by atoms with Gasteiger partial charge in [-0.05, 0) is 11.6 Å². The second-order valence-electron chi connectivity index (χ2n) is 3.63. The minimum absolute atomic E-state index is 0.328. The van der Waals surface area contributed by atoms with E-state index in [2.05, 4.69) is 16.1 Å². The lowest BCUT2D eigenvalue weighted by Gasteiger charge is -2.04. The number of hydrogen-bond acceptors (Lipinski definition) is 2. The van der Waals surface area contributed by atoms with Crippen molar-refractivity contribution in [3.63, 3.8) is 0 Å². The van der Waals surface area contributed by atoms with Crippen molar-refractivity contribution >= 4 is 33.0 Å². The molecule has 0 spiro atoms. The van der Waals surface area contributed by atoms with E-state index < -0.39 is 12.0 Å². The third-order valence-corrected chi connectivity index (χ3v) is 3.09. The van der Waals surface area contributed by atoms with Gasteiger partial charge in [-0.3, -0.25) is 8.39 Å². The number of hydrogen-bond donors (Lipinski definition) is 2. The van der Waals surface area contributed by atoms with Crippen LogP contribution in [0.5, 0.6) is 0 Å². The van der Waals surface area contributed by atoms with Gasteiger partial charge in [0, 0.05) is 18.0 Å². The largest absolute Gasteiger partial charge is 0.480 e. The fraction of sp³-hybridized carbons (Fsp3) is 0.182. The van der Waals surface area contributed by atoms with Crippen LogP contribution in [0.1, 0.15) is 5.56 Å². The van der Waals surface area contributed by atoms with Gasteiger partial charge in [-0.15, -0.1) is 0 Å². The number of aromatic nitrogens is 1. The molecule has 4 nitrogen and oxygen atoms in total. The summed E-state index contributed by atoms with van der Waals surface area (Å²) >= 11 is 3.37. The summed E-state index contributed by atoms with van der Waals surface area (Å²) in [4.78, 5) is 10.7. The van der Waals surface area contributed by atoms with Crippen LogP contribution in [0.25, 0.3) is 10.9 Å². The van der Waals surface area contributed by atoms with Gasteiger partial charge in [-0.2, -0.15) is 0 Å². The number of carbonyl (C=O) groups is 1. The Bertz CT molecular complexity index is 536. The normalized spacial score (nSPS) is 12.9. The SMILES string of the molecule is N[C@@H](Cc1cn(Br)c2ccccc12)C(=O)O. The maximum Gasteiger partial charge on any atom is 0.320 e. The van der Waals surface area contributed by atoms with Crippen molar-refractivity contribution < 1.29 is 9.90 Å². The first kappa shape index (κ1) is 11.2. The van der Waals surface area contributed by atoms with Gasteiger partial charge in [0.1, 0.15) is 6.04 Å². The predicted molar refractivity (Wildman–Crippen MR) is 65.6 cm³/mol. The molecule has 3 N–H and O–H groups in total. The first-order valence-electron chi connectivity index (χ1n) is 4.83. The van der Waals surface area contributed by atoms with Gasteiger partial charge in [-0.25, -0.2) is 0 Å². The summed E-state index contributed by atoms with van der Waals surface area (Å²) < 4.78 is 1.80. The second-order valence-corrected chi connectivity index (χ2v) is 4.40. The molecule has 16 heavy (non-hydrogen) atoms. The Morgan fingerprint density at radius 1 is 1.50 bits per heavy atom. The Morgan fingerprint density at radius 3 is 2.88 bits per heavy atom. The highest BCUT2D eigenvalue weighted by molar-refractivity contribution is 9.08. The third-order valence-electron chi connectivity index (χ3n) is 2.51. The number of nitrogens with zero attached hydrogens (tertiary/aromatic N) is 1. The van der Waals surface area contributed by atoms with Gasteiger partial charge in [0.25, 0.3) is 0 Å². The first-order valence-corrected chi connectivity index (χ1v) is 5.54. The lowest BCUT2D eigenvalue weighted by atomic mass is 10.1. The molecule has 1 heterocycles. The number of nitrogens with two attached hydrogens (primary N) is 1. The molecule has 0 fully saturated rings. The molecule has 5 heteroatoms. The average molecular weight is 283 g/mol. The van der Waals surface area contributed by atoms with Crippen molar-refractivity contribution in [1.29, 1.82) is 0 Å². The molecule has 0 radical (unpaired) electrons. The number of halogens is 1. The van der Waals surface area contributed by atoms with Crippen LogP contribution < -0.4 is 5.73 Å². The van der Waals surface area contributed by atoms with E-state index in [9.17, 15) is 4.79 Å². The van der Waals surface area contributed by atoms with Crippen LogP contribution in [0.4, 0.5) is 0 Å². The Kier molecular flexibility index (Phi) is 2.98. The van der Waals surface area contributed by atoms with E-state index in [1.54, 1.807) is 3.59 Å². The minimum atomic E-state index is -0.980. The number of fused-ring (bicyclic) bond motifs is 1. The predicted octanol–water partition coefficient (Wildman–Crippen LogP) is 1.75. The van der Waals surface area contributed by atoms with Crippen molar-refractivity contribution in [2.45, 2.75) is 12.5 Å². The summed E-state index contributed by atoms with van der Waals surface area (Å²) in [6.45, 7) is 0. The molecule has 0 saturated carbocycles. The molecule has 0 saturated heterocycles. The quantitative estimate of drug-likeness (QED) is 0.901. The number of rotatable bonds is 3. The molecule has 0 aliphatic rings. The lowest BCUT2D eigenvalue weighted by molar-refractivity contribution is -0.138. The van der Waals surface area contributed by atoms with Crippen molar-refractivity contribution in [3.05, 3.63) is 36.0 Å². The summed E-state index contributed by atoms with van der Waals surface area (Å²) in [7, 11) is 0. The monoisotopic (exact) mass is 282 g/mol. The van der Waals surface area contributed by atoms with Gasteiger partial charge < -0.3 is 10.8 Å². The topological polar surface area (TPSA) is 68.2 Å². The highest BCUT2D eigenvalue weighted by Gasteiger charge is 2.15. The molecule has 1 atom stereocenters. The van der Waals surface area contributed by atoms with Crippen LogP contribution in [-0.2, 0) is 11.2 Å². The standard InChI is InChI=1S/C11H11BrN2O2/c12-14-6-7(5-9(13)11(15)16)8-3-1-2-4-10(8)14/h1-4,6,9H,5,13H2,(H,15,16)/t9-/m0/s1. The maximum atomic E-state index is 10.7. The third kappa shape index (κ3) is 1.96. The Hall–Kier alpha value is -1.33. The van der Waals surface area contributed by atoms with Crippen molar-refractivity contribution in [3.8, 4) is 0 Å². The Morgan fingerprint density at radius 2 is 2.19 bits per heavy atom. The second kappa shape index (κ2) is 4.27. The van der Waals surface area contributed by atoms with Crippen LogP contribution in [0.3, 0.4) is 0 Å². The number of benzene rings is 1. The highest BCUT2D eigenvalue weighted by Crippen LogP contribution is 2.23. The average Bonchev–Trinajstić information content (AvgIpc) is 2.57. The molecule has 2 aromatic rings. The van der Waals surface area contributed by atoms with Crippen molar-refractivity contribution in [2.75, 3.05) is 0 Å².